The summed E-state index contributed by atoms with van der Waals surface area (Å²) in [6, 6.07) is 3.67. The van der Waals surface area contributed by atoms with Gasteiger partial charge in [-0.3, -0.25) is 0 Å². The lowest BCUT2D eigenvalue weighted by Gasteiger charge is -2.02. The van der Waals surface area contributed by atoms with Gasteiger partial charge in [0.15, 0.2) is 0 Å². The fourth-order valence-corrected chi connectivity index (χ4v) is 1.14. The van der Waals surface area contributed by atoms with Crippen molar-refractivity contribution in [3.05, 3.63) is 30.7 Å². The summed E-state index contributed by atoms with van der Waals surface area (Å²) >= 11 is 0. The van der Waals surface area contributed by atoms with Gasteiger partial charge in [-0.2, -0.15) is 0 Å². The molecular formula is C9H9N5. The fourth-order valence-electron chi connectivity index (χ4n) is 1.14. The Balaban J connectivity index is 2.50. The monoisotopic (exact) mass is 187 g/mol. The molecule has 0 aliphatic heterocycles. The first-order chi connectivity index (χ1) is 6.77. The van der Waals surface area contributed by atoms with Crippen molar-refractivity contribution in [1.29, 1.82) is 0 Å². The molecule has 0 aromatic carbocycles. The quantitative estimate of drug-likeness (QED) is 0.685. The van der Waals surface area contributed by atoms with E-state index in [1.165, 1.54) is 0 Å². The molecule has 2 aromatic rings. The normalized spacial score (nSPS) is 10.0. The third-order valence-electron chi connectivity index (χ3n) is 1.82. The standard InChI is InChI=1S/C9H9N5/c10-8-7(2-1-3-12-8)6-4-13-9(11)14-5-6/h1-5H,(H2,10,12)(H2,11,13,14). The lowest BCUT2D eigenvalue weighted by molar-refractivity contribution is 1.18. The van der Waals surface area contributed by atoms with Crippen LogP contribution in [0.4, 0.5) is 11.8 Å². The van der Waals surface area contributed by atoms with Crippen molar-refractivity contribution < 1.29 is 0 Å². The van der Waals surface area contributed by atoms with Crippen molar-refractivity contribution in [2.24, 2.45) is 0 Å². The minimum absolute atomic E-state index is 0.246. The van der Waals surface area contributed by atoms with Crippen LogP contribution in [0.3, 0.4) is 0 Å². The van der Waals surface area contributed by atoms with E-state index in [2.05, 4.69) is 15.0 Å². The van der Waals surface area contributed by atoms with Crippen molar-refractivity contribution in [3.8, 4) is 11.1 Å². The van der Waals surface area contributed by atoms with Crippen LogP contribution in [0.25, 0.3) is 11.1 Å². The molecule has 5 nitrogen and oxygen atoms in total. The van der Waals surface area contributed by atoms with Crippen LogP contribution in [0, 0.1) is 0 Å². The van der Waals surface area contributed by atoms with Gasteiger partial charge in [-0.1, -0.05) is 0 Å². The third kappa shape index (κ3) is 1.47. The van der Waals surface area contributed by atoms with E-state index in [1.807, 2.05) is 12.1 Å². The van der Waals surface area contributed by atoms with Crippen LogP contribution >= 0.6 is 0 Å². The zero-order chi connectivity index (χ0) is 9.97. The van der Waals surface area contributed by atoms with Crippen LogP contribution in [0.5, 0.6) is 0 Å². The number of pyridine rings is 1. The van der Waals surface area contributed by atoms with Crippen LogP contribution in [0.2, 0.25) is 0 Å². The maximum absolute atomic E-state index is 5.69. The highest BCUT2D eigenvalue weighted by Gasteiger charge is 2.02. The average molecular weight is 187 g/mol. The summed E-state index contributed by atoms with van der Waals surface area (Å²) < 4.78 is 0. The summed E-state index contributed by atoms with van der Waals surface area (Å²) in [5, 5.41) is 0. The highest BCUT2D eigenvalue weighted by atomic mass is 15.0. The number of rotatable bonds is 1. The zero-order valence-corrected chi connectivity index (χ0v) is 7.38. The Morgan fingerprint density at radius 2 is 1.71 bits per heavy atom. The molecule has 2 heterocycles. The van der Waals surface area contributed by atoms with Crippen molar-refractivity contribution >= 4 is 11.8 Å². The van der Waals surface area contributed by atoms with Crippen molar-refractivity contribution in [3.63, 3.8) is 0 Å². The molecule has 0 unspecified atom stereocenters. The van der Waals surface area contributed by atoms with Crippen molar-refractivity contribution in [2.75, 3.05) is 11.5 Å². The predicted molar refractivity (Wildman–Crippen MR) is 54.1 cm³/mol. The molecule has 5 heteroatoms. The Hall–Kier alpha value is -2.17. The van der Waals surface area contributed by atoms with Crippen molar-refractivity contribution in [1.82, 2.24) is 15.0 Å². The Bertz CT molecular complexity index is 437. The lowest BCUT2D eigenvalue weighted by atomic mass is 10.1. The minimum atomic E-state index is 0.246. The summed E-state index contributed by atoms with van der Waals surface area (Å²) in [6.45, 7) is 0. The molecule has 0 saturated carbocycles. The van der Waals surface area contributed by atoms with Gasteiger partial charge in [0.05, 0.1) is 0 Å². The summed E-state index contributed by atoms with van der Waals surface area (Å²) in [6.07, 6.45) is 4.88. The smallest absolute Gasteiger partial charge is 0.219 e. The zero-order valence-electron chi connectivity index (χ0n) is 7.38. The van der Waals surface area contributed by atoms with Gasteiger partial charge in [0, 0.05) is 29.7 Å². The average Bonchev–Trinajstić information content (AvgIpc) is 2.20. The second-order valence-corrected chi connectivity index (χ2v) is 2.77. The molecule has 0 fully saturated rings. The number of hydrogen-bond donors (Lipinski definition) is 2. The molecule has 0 aliphatic rings. The number of aromatic nitrogens is 3. The van der Waals surface area contributed by atoms with Gasteiger partial charge < -0.3 is 11.5 Å². The second-order valence-electron chi connectivity index (χ2n) is 2.77. The van der Waals surface area contributed by atoms with Gasteiger partial charge in [-0.05, 0) is 12.1 Å². The summed E-state index contributed by atoms with van der Waals surface area (Å²) in [4.78, 5) is 11.7. The number of nitrogen functional groups attached to an aromatic ring is 2. The second kappa shape index (κ2) is 3.29. The first-order valence-electron chi connectivity index (χ1n) is 4.06. The van der Waals surface area contributed by atoms with E-state index in [9.17, 15) is 0 Å². The van der Waals surface area contributed by atoms with E-state index in [0.29, 0.717) is 5.82 Å². The molecular weight excluding hydrogens is 178 g/mol. The molecule has 0 bridgehead atoms. The topological polar surface area (TPSA) is 90.7 Å². The highest BCUT2D eigenvalue weighted by Crippen LogP contribution is 2.21. The Morgan fingerprint density at radius 3 is 2.36 bits per heavy atom. The molecule has 0 atom stereocenters. The summed E-state index contributed by atoms with van der Waals surface area (Å²) in [7, 11) is 0. The lowest BCUT2D eigenvalue weighted by Crippen LogP contribution is -1.96. The maximum Gasteiger partial charge on any atom is 0.219 e. The van der Waals surface area contributed by atoms with Gasteiger partial charge in [-0.25, -0.2) is 15.0 Å². The van der Waals surface area contributed by atoms with Gasteiger partial charge in [-0.15, -0.1) is 0 Å². The summed E-state index contributed by atoms with van der Waals surface area (Å²) in [5.41, 5.74) is 12.7. The number of anilines is 2. The molecule has 0 amide bonds. The Labute approximate surface area is 80.8 Å². The molecule has 0 spiro atoms. The molecule has 4 N–H and O–H groups in total. The SMILES string of the molecule is Nc1ncc(-c2cccnc2N)cn1. The van der Waals surface area contributed by atoms with Crippen LogP contribution in [-0.2, 0) is 0 Å². The highest BCUT2D eigenvalue weighted by molar-refractivity contribution is 5.72. The van der Waals surface area contributed by atoms with E-state index in [1.54, 1.807) is 18.6 Å². The van der Waals surface area contributed by atoms with E-state index in [0.717, 1.165) is 11.1 Å². The first kappa shape index (κ1) is 8.43. The first-order valence-corrected chi connectivity index (χ1v) is 4.06. The molecule has 2 rings (SSSR count). The van der Waals surface area contributed by atoms with E-state index in [-0.39, 0.29) is 5.95 Å². The molecule has 14 heavy (non-hydrogen) atoms. The molecule has 0 radical (unpaired) electrons. The molecule has 2 aromatic heterocycles. The van der Waals surface area contributed by atoms with Crippen molar-refractivity contribution in [2.45, 2.75) is 0 Å². The van der Waals surface area contributed by atoms with Crippen LogP contribution in [0.1, 0.15) is 0 Å². The Morgan fingerprint density at radius 1 is 1.00 bits per heavy atom. The molecule has 0 saturated heterocycles. The van der Waals surface area contributed by atoms with Gasteiger partial charge in [0.2, 0.25) is 5.95 Å². The molecule has 0 aliphatic carbocycles. The number of nitrogens with two attached hydrogens (primary N) is 2. The number of nitrogens with zero attached hydrogens (tertiary/aromatic N) is 3. The largest absolute Gasteiger partial charge is 0.383 e. The van der Waals surface area contributed by atoms with E-state index >= 15 is 0 Å². The van der Waals surface area contributed by atoms with Gasteiger partial charge in [0.1, 0.15) is 5.82 Å². The van der Waals surface area contributed by atoms with Crippen LogP contribution in [0.15, 0.2) is 30.7 Å². The predicted octanol–water partition coefficient (Wildman–Crippen LogP) is 0.703. The van der Waals surface area contributed by atoms with Gasteiger partial charge >= 0.3 is 0 Å². The minimum Gasteiger partial charge on any atom is -0.383 e. The third-order valence-corrected chi connectivity index (χ3v) is 1.82. The number of hydrogen-bond acceptors (Lipinski definition) is 5. The Kier molecular flexibility index (Phi) is 1.98. The fraction of sp³-hybridized carbons (Fsp3) is 0. The summed E-state index contributed by atoms with van der Waals surface area (Å²) in [5.74, 6) is 0.706. The maximum atomic E-state index is 5.69. The van der Waals surface area contributed by atoms with E-state index in [4.69, 9.17) is 11.5 Å². The van der Waals surface area contributed by atoms with Crippen LogP contribution in [-0.4, -0.2) is 15.0 Å². The van der Waals surface area contributed by atoms with Gasteiger partial charge in [0.25, 0.3) is 0 Å². The molecule has 70 valence electrons. The van der Waals surface area contributed by atoms with Crippen LogP contribution < -0.4 is 11.5 Å². The van der Waals surface area contributed by atoms with E-state index < -0.39 is 0 Å².